The summed E-state index contributed by atoms with van der Waals surface area (Å²) in [6, 6.07) is 6.93. The van der Waals surface area contributed by atoms with E-state index in [0.717, 1.165) is 0 Å². The van der Waals surface area contributed by atoms with E-state index in [9.17, 15) is 13.2 Å². The van der Waals surface area contributed by atoms with Gasteiger partial charge in [-0.2, -0.15) is 0 Å². The van der Waals surface area contributed by atoms with Crippen molar-refractivity contribution >= 4 is 22.0 Å². The van der Waals surface area contributed by atoms with Crippen molar-refractivity contribution in [2.75, 3.05) is 27.2 Å². The Hall–Kier alpha value is -2.13. The lowest BCUT2D eigenvalue weighted by Gasteiger charge is -2.33. The van der Waals surface area contributed by atoms with Crippen LogP contribution in [0.3, 0.4) is 0 Å². The molecule has 8 nitrogen and oxygen atoms in total. The van der Waals surface area contributed by atoms with Gasteiger partial charge in [-0.1, -0.05) is 18.2 Å². The lowest BCUT2D eigenvalue weighted by atomic mass is 9.97. The van der Waals surface area contributed by atoms with Crippen molar-refractivity contribution < 1.29 is 17.9 Å². The summed E-state index contributed by atoms with van der Waals surface area (Å²) in [5.74, 6) is 0.436. The first-order chi connectivity index (χ1) is 13.6. The Morgan fingerprint density at radius 2 is 1.86 bits per heavy atom. The Kier molecular flexibility index (Phi) is 7.65. The van der Waals surface area contributed by atoms with Crippen LogP contribution in [0.25, 0.3) is 0 Å². The van der Waals surface area contributed by atoms with Gasteiger partial charge >= 0.3 is 5.97 Å². The largest absolute Gasteiger partial charge is 0.469 e. The van der Waals surface area contributed by atoms with Crippen LogP contribution in [-0.4, -0.2) is 58.0 Å². The summed E-state index contributed by atoms with van der Waals surface area (Å²) in [6.45, 7) is 7.13. The van der Waals surface area contributed by atoms with Crippen LogP contribution in [0.5, 0.6) is 0 Å². The number of benzene rings is 1. The number of nitrogens with zero attached hydrogens (tertiary/aromatic N) is 2. The molecule has 0 bridgehead atoms. The molecule has 0 amide bonds. The van der Waals surface area contributed by atoms with Crippen LogP contribution >= 0.6 is 0 Å². The highest BCUT2D eigenvalue weighted by Gasteiger charge is 2.28. The number of piperidine rings is 1. The number of hydrogen-bond acceptors (Lipinski definition) is 5. The van der Waals surface area contributed by atoms with Gasteiger partial charge in [0.15, 0.2) is 5.96 Å². The molecule has 1 aromatic carbocycles. The Labute approximate surface area is 173 Å². The van der Waals surface area contributed by atoms with Crippen LogP contribution < -0.4 is 10.0 Å². The van der Waals surface area contributed by atoms with Crippen LogP contribution in [-0.2, 0) is 26.1 Å². The molecule has 0 aromatic heterocycles. The highest BCUT2D eigenvalue weighted by atomic mass is 32.2. The number of methoxy groups -OCH3 is 1. The van der Waals surface area contributed by atoms with E-state index in [1.54, 1.807) is 25.2 Å². The predicted octanol–water partition coefficient (Wildman–Crippen LogP) is 1.72. The average molecular weight is 425 g/mol. The summed E-state index contributed by atoms with van der Waals surface area (Å²) in [6.07, 6.45) is 1.40. The van der Waals surface area contributed by atoms with Gasteiger partial charge in [0.25, 0.3) is 0 Å². The minimum absolute atomic E-state index is 0.0799. The van der Waals surface area contributed by atoms with Crippen molar-refractivity contribution in [1.82, 2.24) is 14.9 Å². The Morgan fingerprint density at radius 3 is 2.41 bits per heavy atom. The van der Waals surface area contributed by atoms with Crippen molar-refractivity contribution in [3.63, 3.8) is 0 Å². The maximum absolute atomic E-state index is 12.8. The predicted molar refractivity (Wildman–Crippen MR) is 113 cm³/mol. The molecule has 0 aliphatic carbocycles. The second-order valence-electron chi connectivity index (χ2n) is 8.15. The van der Waals surface area contributed by atoms with E-state index in [2.05, 4.69) is 19.9 Å². The first kappa shape index (κ1) is 23.2. The van der Waals surface area contributed by atoms with Gasteiger partial charge in [-0.05, 0) is 45.2 Å². The number of esters is 1. The molecule has 162 valence electrons. The first-order valence-electron chi connectivity index (χ1n) is 9.72. The normalized spacial score (nSPS) is 16.6. The highest BCUT2D eigenvalue weighted by molar-refractivity contribution is 7.89. The van der Waals surface area contributed by atoms with Gasteiger partial charge in [0.2, 0.25) is 10.0 Å². The zero-order valence-electron chi connectivity index (χ0n) is 17.9. The number of guanidine groups is 1. The molecule has 2 rings (SSSR count). The van der Waals surface area contributed by atoms with Crippen molar-refractivity contribution in [3.05, 3.63) is 29.8 Å². The summed E-state index contributed by atoms with van der Waals surface area (Å²) in [7, 11) is -0.538. The van der Waals surface area contributed by atoms with E-state index in [1.807, 2.05) is 26.8 Å². The smallest absolute Gasteiger partial charge is 0.308 e. The van der Waals surface area contributed by atoms with Crippen LogP contribution in [0.1, 0.15) is 39.2 Å². The SMILES string of the molecule is CN=C(NCc1ccccc1S(=O)(=O)NC(C)(C)C)N1CCC(C(=O)OC)CC1. The molecule has 1 aliphatic rings. The molecule has 1 aliphatic heterocycles. The van der Waals surface area contributed by atoms with Gasteiger partial charge in [-0.25, -0.2) is 13.1 Å². The second-order valence-corrected chi connectivity index (χ2v) is 9.80. The summed E-state index contributed by atoms with van der Waals surface area (Å²) in [5, 5.41) is 3.26. The minimum Gasteiger partial charge on any atom is -0.469 e. The van der Waals surface area contributed by atoms with Gasteiger partial charge in [0.05, 0.1) is 17.9 Å². The fourth-order valence-corrected chi connectivity index (χ4v) is 5.03. The molecule has 0 atom stereocenters. The zero-order chi connectivity index (χ0) is 21.7. The number of hydrogen-bond donors (Lipinski definition) is 2. The summed E-state index contributed by atoms with van der Waals surface area (Å²) < 4.78 is 33.1. The van der Waals surface area contributed by atoms with E-state index in [-0.39, 0.29) is 16.8 Å². The molecule has 1 heterocycles. The average Bonchev–Trinajstić information content (AvgIpc) is 2.66. The Morgan fingerprint density at radius 1 is 1.24 bits per heavy atom. The van der Waals surface area contributed by atoms with Crippen LogP contribution in [0.15, 0.2) is 34.2 Å². The molecule has 0 saturated carbocycles. The molecule has 9 heteroatoms. The standard InChI is InChI=1S/C20H32N4O4S/c1-20(2,3)23-29(26,27)17-9-7-6-8-16(17)14-22-19(21-4)24-12-10-15(11-13-24)18(25)28-5/h6-9,15,23H,10-14H2,1-5H3,(H,21,22). The van der Waals surface area contributed by atoms with Gasteiger partial charge in [-0.15, -0.1) is 0 Å². The molecule has 1 saturated heterocycles. The number of aliphatic imine (C=N–C) groups is 1. The van der Waals surface area contributed by atoms with Crippen molar-refractivity contribution in [2.45, 2.75) is 50.6 Å². The summed E-state index contributed by atoms with van der Waals surface area (Å²) >= 11 is 0. The van der Waals surface area contributed by atoms with Gasteiger partial charge < -0.3 is 15.0 Å². The third-order valence-corrected chi connectivity index (χ3v) is 6.54. The van der Waals surface area contributed by atoms with Crippen LogP contribution in [0.2, 0.25) is 0 Å². The minimum atomic E-state index is -3.64. The first-order valence-corrected chi connectivity index (χ1v) is 11.2. The lowest BCUT2D eigenvalue weighted by Crippen LogP contribution is -2.46. The Bertz CT molecular complexity index is 838. The summed E-state index contributed by atoms with van der Waals surface area (Å²) in [4.78, 5) is 18.3. The molecule has 0 unspecified atom stereocenters. The maximum Gasteiger partial charge on any atom is 0.308 e. The fraction of sp³-hybridized carbons (Fsp3) is 0.600. The molecule has 1 fully saturated rings. The van der Waals surface area contributed by atoms with Crippen molar-refractivity contribution in [3.8, 4) is 0 Å². The van der Waals surface area contributed by atoms with E-state index >= 15 is 0 Å². The number of sulfonamides is 1. The molecule has 0 spiro atoms. The monoisotopic (exact) mass is 424 g/mol. The van der Waals surface area contributed by atoms with Gasteiger partial charge in [0, 0.05) is 32.2 Å². The molecule has 2 N–H and O–H groups in total. The van der Waals surface area contributed by atoms with Gasteiger partial charge in [0.1, 0.15) is 0 Å². The van der Waals surface area contributed by atoms with E-state index in [4.69, 9.17) is 4.74 Å². The molecular formula is C20H32N4O4S. The van der Waals surface area contributed by atoms with E-state index < -0.39 is 15.6 Å². The van der Waals surface area contributed by atoms with E-state index in [1.165, 1.54) is 7.11 Å². The third-order valence-electron chi connectivity index (χ3n) is 4.68. The lowest BCUT2D eigenvalue weighted by molar-refractivity contribution is -0.146. The van der Waals surface area contributed by atoms with Gasteiger partial charge in [-0.3, -0.25) is 9.79 Å². The number of carbonyl (C=O) groups excluding carboxylic acids is 1. The third kappa shape index (κ3) is 6.43. The molecular weight excluding hydrogens is 392 g/mol. The van der Waals surface area contributed by atoms with Crippen LogP contribution in [0, 0.1) is 5.92 Å². The zero-order valence-corrected chi connectivity index (χ0v) is 18.7. The van der Waals surface area contributed by atoms with Crippen molar-refractivity contribution in [2.24, 2.45) is 10.9 Å². The molecule has 29 heavy (non-hydrogen) atoms. The number of rotatable bonds is 5. The molecule has 1 aromatic rings. The number of nitrogens with one attached hydrogen (secondary N) is 2. The Balaban J connectivity index is 2.07. The van der Waals surface area contributed by atoms with Crippen LogP contribution in [0.4, 0.5) is 0 Å². The number of carbonyl (C=O) groups is 1. The van der Waals surface area contributed by atoms with Crippen molar-refractivity contribution in [1.29, 1.82) is 0 Å². The summed E-state index contributed by atoms with van der Waals surface area (Å²) in [5.41, 5.74) is 0.0918. The quantitative estimate of drug-likeness (QED) is 0.424. The van der Waals surface area contributed by atoms with E-state index in [0.29, 0.717) is 44.0 Å². The molecule has 0 radical (unpaired) electrons. The fourth-order valence-electron chi connectivity index (χ4n) is 3.37. The number of likely N-dealkylation sites (tertiary alicyclic amines) is 1. The highest BCUT2D eigenvalue weighted by Crippen LogP contribution is 2.20. The maximum atomic E-state index is 12.8. The second kappa shape index (κ2) is 9.58. The topological polar surface area (TPSA) is 100 Å². The number of ether oxygens (including phenoxy) is 1.